The molecular weight excluding hydrogens is 354 g/mol. The van der Waals surface area contributed by atoms with Gasteiger partial charge < -0.3 is 5.32 Å². The first-order valence-corrected chi connectivity index (χ1v) is 8.61. The van der Waals surface area contributed by atoms with E-state index < -0.39 is 0 Å². The van der Waals surface area contributed by atoms with Gasteiger partial charge in [0.05, 0.1) is 6.54 Å². The molecule has 2 N–H and O–H groups in total. The minimum Gasteiger partial charge on any atom is -0.358 e. The molecule has 3 rings (SSSR count). The summed E-state index contributed by atoms with van der Waals surface area (Å²) in [4.78, 5) is 4.23. The highest BCUT2D eigenvalue weighted by molar-refractivity contribution is 7.80. The van der Waals surface area contributed by atoms with Crippen LogP contribution in [0.25, 0.3) is 0 Å². The number of rotatable bonds is 5. The Hall–Kier alpha value is -2.44. The highest BCUT2D eigenvalue weighted by atomic mass is 35.5. The maximum Gasteiger partial charge on any atom is 0.248 e. The fourth-order valence-electron chi connectivity index (χ4n) is 2.24. The summed E-state index contributed by atoms with van der Waals surface area (Å²) in [5.74, 6) is 0.473. The van der Waals surface area contributed by atoms with Crippen LogP contribution in [-0.2, 0) is 13.1 Å². The first-order chi connectivity index (χ1) is 12.1. The SMILES string of the molecule is Cc1ccc(Cn2cnc(NC(=S)NCc3ccc(Cl)cc3)n2)cc1. The van der Waals surface area contributed by atoms with Gasteiger partial charge in [0, 0.05) is 11.6 Å². The number of hydrogen-bond acceptors (Lipinski definition) is 3. The number of aryl methyl sites for hydroxylation is 1. The average Bonchev–Trinajstić information content (AvgIpc) is 3.03. The highest BCUT2D eigenvalue weighted by Gasteiger charge is 2.04. The van der Waals surface area contributed by atoms with Crippen molar-refractivity contribution in [2.45, 2.75) is 20.0 Å². The molecule has 0 aliphatic rings. The van der Waals surface area contributed by atoms with Gasteiger partial charge in [-0.25, -0.2) is 9.67 Å². The molecule has 0 saturated heterocycles. The number of nitrogens with zero attached hydrogens (tertiary/aromatic N) is 3. The van der Waals surface area contributed by atoms with Crippen LogP contribution in [0.4, 0.5) is 5.95 Å². The zero-order valence-corrected chi connectivity index (χ0v) is 15.3. The van der Waals surface area contributed by atoms with Gasteiger partial charge >= 0.3 is 0 Å². The van der Waals surface area contributed by atoms with Crippen molar-refractivity contribution < 1.29 is 0 Å². The zero-order chi connectivity index (χ0) is 17.6. The molecule has 25 heavy (non-hydrogen) atoms. The lowest BCUT2D eigenvalue weighted by molar-refractivity contribution is 0.687. The monoisotopic (exact) mass is 371 g/mol. The molecule has 5 nitrogen and oxygen atoms in total. The molecule has 0 spiro atoms. The van der Waals surface area contributed by atoms with Crippen LogP contribution < -0.4 is 10.6 Å². The van der Waals surface area contributed by atoms with Crippen molar-refractivity contribution in [1.29, 1.82) is 0 Å². The summed E-state index contributed by atoms with van der Waals surface area (Å²) >= 11 is 11.1. The summed E-state index contributed by atoms with van der Waals surface area (Å²) < 4.78 is 1.77. The third kappa shape index (κ3) is 5.27. The Morgan fingerprint density at radius 3 is 2.48 bits per heavy atom. The second-order valence-electron chi connectivity index (χ2n) is 5.69. The first-order valence-electron chi connectivity index (χ1n) is 7.83. The van der Waals surface area contributed by atoms with Gasteiger partial charge in [-0.1, -0.05) is 53.6 Å². The van der Waals surface area contributed by atoms with Crippen molar-refractivity contribution in [2.24, 2.45) is 0 Å². The average molecular weight is 372 g/mol. The molecule has 3 aromatic rings. The Kier molecular flexibility index (Phi) is 5.63. The first kappa shape index (κ1) is 17.4. The second-order valence-corrected chi connectivity index (χ2v) is 6.53. The van der Waals surface area contributed by atoms with Gasteiger partial charge in [-0.05, 0) is 42.4 Å². The maximum atomic E-state index is 5.87. The number of halogens is 1. The Bertz CT molecular complexity index is 843. The normalized spacial score (nSPS) is 10.5. The van der Waals surface area contributed by atoms with E-state index >= 15 is 0 Å². The van der Waals surface area contributed by atoms with Crippen molar-refractivity contribution in [3.63, 3.8) is 0 Å². The molecule has 0 radical (unpaired) electrons. The molecule has 0 amide bonds. The van der Waals surface area contributed by atoms with Crippen LogP contribution >= 0.6 is 23.8 Å². The van der Waals surface area contributed by atoms with Gasteiger partial charge in [0.15, 0.2) is 5.11 Å². The smallest absolute Gasteiger partial charge is 0.248 e. The number of benzene rings is 2. The van der Waals surface area contributed by atoms with E-state index in [0.717, 1.165) is 5.56 Å². The van der Waals surface area contributed by atoms with Crippen molar-refractivity contribution in [3.8, 4) is 0 Å². The number of anilines is 1. The molecule has 0 fully saturated rings. The summed E-state index contributed by atoms with van der Waals surface area (Å²) in [6.45, 7) is 3.34. The molecule has 0 bridgehead atoms. The predicted molar refractivity (Wildman–Crippen MR) is 105 cm³/mol. The molecule has 128 valence electrons. The molecule has 0 saturated carbocycles. The van der Waals surface area contributed by atoms with E-state index in [-0.39, 0.29) is 0 Å². The Balaban J connectivity index is 1.51. The van der Waals surface area contributed by atoms with E-state index in [1.165, 1.54) is 11.1 Å². The van der Waals surface area contributed by atoms with E-state index in [1.807, 2.05) is 24.3 Å². The van der Waals surface area contributed by atoms with Gasteiger partial charge in [-0.3, -0.25) is 5.32 Å². The van der Waals surface area contributed by atoms with E-state index in [0.29, 0.717) is 29.2 Å². The van der Waals surface area contributed by atoms with Crippen molar-refractivity contribution in [3.05, 3.63) is 76.6 Å². The van der Waals surface area contributed by atoms with Gasteiger partial charge in [-0.15, -0.1) is 5.10 Å². The van der Waals surface area contributed by atoms with Gasteiger partial charge in [-0.2, -0.15) is 0 Å². The second kappa shape index (κ2) is 8.09. The van der Waals surface area contributed by atoms with E-state index in [9.17, 15) is 0 Å². The highest BCUT2D eigenvalue weighted by Crippen LogP contribution is 2.09. The number of thiocarbonyl (C=S) groups is 1. The van der Waals surface area contributed by atoms with Gasteiger partial charge in [0.25, 0.3) is 0 Å². The van der Waals surface area contributed by atoms with Crippen LogP contribution in [0.5, 0.6) is 0 Å². The lowest BCUT2D eigenvalue weighted by Gasteiger charge is -2.08. The Labute approximate surface area is 157 Å². The Morgan fingerprint density at radius 1 is 1.08 bits per heavy atom. The molecule has 0 unspecified atom stereocenters. The fourth-order valence-corrected chi connectivity index (χ4v) is 2.53. The third-order valence-corrected chi connectivity index (χ3v) is 4.09. The summed E-state index contributed by atoms with van der Waals surface area (Å²) in [5.41, 5.74) is 3.50. The van der Waals surface area contributed by atoms with Crippen LogP contribution in [0.3, 0.4) is 0 Å². The van der Waals surface area contributed by atoms with Gasteiger partial charge in [0.1, 0.15) is 6.33 Å². The minimum absolute atomic E-state index is 0.473. The van der Waals surface area contributed by atoms with Crippen molar-refractivity contribution >= 4 is 34.9 Å². The number of nitrogens with one attached hydrogen (secondary N) is 2. The molecule has 2 aromatic carbocycles. The maximum absolute atomic E-state index is 5.87. The molecule has 0 atom stereocenters. The summed E-state index contributed by atoms with van der Waals surface area (Å²) in [7, 11) is 0. The molecule has 1 heterocycles. The van der Waals surface area contributed by atoms with E-state index in [1.54, 1.807) is 11.0 Å². The van der Waals surface area contributed by atoms with Crippen LogP contribution in [0.1, 0.15) is 16.7 Å². The van der Waals surface area contributed by atoms with Crippen molar-refractivity contribution in [1.82, 2.24) is 20.1 Å². The van der Waals surface area contributed by atoms with Crippen LogP contribution in [0, 0.1) is 6.92 Å². The summed E-state index contributed by atoms with van der Waals surface area (Å²) in [5, 5.41) is 11.7. The van der Waals surface area contributed by atoms with Crippen LogP contribution in [-0.4, -0.2) is 19.9 Å². The molecular formula is C18H18ClN5S. The van der Waals surface area contributed by atoms with E-state index in [4.69, 9.17) is 23.8 Å². The summed E-state index contributed by atoms with van der Waals surface area (Å²) in [6, 6.07) is 15.9. The van der Waals surface area contributed by atoms with E-state index in [2.05, 4.69) is 51.9 Å². The standard InChI is InChI=1S/C18H18ClN5S/c1-13-2-4-15(5-3-13)11-24-12-21-17(23-24)22-18(25)20-10-14-6-8-16(19)9-7-14/h2-9,12H,10-11H2,1H3,(H2,20,22,23,25). The van der Waals surface area contributed by atoms with Crippen molar-refractivity contribution in [2.75, 3.05) is 5.32 Å². The lowest BCUT2D eigenvalue weighted by Crippen LogP contribution is -2.28. The molecule has 0 aliphatic heterocycles. The topological polar surface area (TPSA) is 54.8 Å². The minimum atomic E-state index is 0.473. The third-order valence-electron chi connectivity index (χ3n) is 3.59. The van der Waals surface area contributed by atoms with Crippen LogP contribution in [0.15, 0.2) is 54.9 Å². The van der Waals surface area contributed by atoms with Gasteiger partial charge in [0.2, 0.25) is 5.95 Å². The molecule has 1 aromatic heterocycles. The molecule has 0 aliphatic carbocycles. The fraction of sp³-hybridized carbons (Fsp3) is 0.167. The Morgan fingerprint density at radius 2 is 1.76 bits per heavy atom. The van der Waals surface area contributed by atoms with Crippen LogP contribution in [0.2, 0.25) is 5.02 Å². The number of hydrogen-bond donors (Lipinski definition) is 2. The summed E-state index contributed by atoms with van der Waals surface area (Å²) in [6.07, 6.45) is 1.68. The molecule has 7 heteroatoms. The quantitative estimate of drug-likeness (QED) is 0.668. The zero-order valence-electron chi connectivity index (χ0n) is 13.7. The predicted octanol–water partition coefficient (Wildman–Crippen LogP) is 3.77. The lowest BCUT2D eigenvalue weighted by atomic mass is 10.1. The number of aromatic nitrogens is 3. The largest absolute Gasteiger partial charge is 0.358 e.